The van der Waals surface area contributed by atoms with E-state index in [9.17, 15) is 0 Å². The first-order valence-electron chi connectivity index (χ1n) is 6.35. The topological polar surface area (TPSA) is 24.4 Å². The zero-order chi connectivity index (χ0) is 10.5. The van der Waals surface area contributed by atoms with Crippen molar-refractivity contribution < 1.29 is 0 Å². The predicted octanol–water partition coefficient (Wildman–Crippen LogP) is 3.18. The molecule has 2 nitrogen and oxygen atoms in total. The van der Waals surface area contributed by atoms with Crippen LogP contribution in [0.1, 0.15) is 51.9 Å². The second-order valence-electron chi connectivity index (χ2n) is 4.61. The predicted molar refractivity (Wildman–Crippen MR) is 68.6 cm³/mol. The minimum atomic E-state index is 0.581. The quantitative estimate of drug-likeness (QED) is 0.782. The molecule has 2 aliphatic rings. The van der Waals surface area contributed by atoms with Gasteiger partial charge in [0.2, 0.25) is 0 Å². The van der Waals surface area contributed by atoms with Crippen LogP contribution in [0.3, 0.4) is 0 Å². The van der Waals surface area contributed by atoms with Crippen molar-refractivity contribution in [1.29, 1.82) is 0 Å². The third kappa shape index (κ3) is 3.40. The summed E-state index contributed by atoms with van der Waals surface area (Å²) in [5, 5.41) is 4.86. The van der Waals surface area contributed by atoms with Crippen LogP contribution in [0, 0.1) is 0 Å². The number of thioether (sulfide) groups is 1. The first-order valence-corrected chi connectivity index (χ1v) is 7.34. The maximum absolute atomic E-state index is 4.76. The van der Waals surface area contributed by atoms with Gasteiger partial charge < -0.3 is 5.32 Å². The fourth-order valence-corrected chi connectivity index (χ4v) is 3.41. The number of rotatable bonds is 2. The van der Waals surface area contributed by atoms with Crippen LogP contribution in [-0.2, 0) is 0 Å². The molecule has 2 rings (SSSR count). The van der Waals surface area contributed by atoms with Crippen LogP contribution in [0.15, 0.2) is 4.99 Å². The molecule has 1 N–H and O–H groups in total. The highest BCUT2D eigenvalue weighted by atomic mass is 32.2. The Balaban J connectivity index is 1.84. The molecule has 1 fully saturated rings. The Hall–Kier alpha value is -0.180. The number of hydrogen-bond donors (Lipinski definition) is 1. The lowest BCUT2D eigenvalue weighted by Gasteiger charge is -2.27. The van der Waals surface area contributed by atoms with Crippen molar-refractivity contribution in [3.05, 3.63) is 0 Å². The third-order valence-electron chi connectivity index (χ3n) is 3.39. The standard InChI is InChI=1S/C12H22N2S/c1-2-10-8-9-15-12(13-10)14-11-6-4-3-5-7-11/h10-11H,2-9H2,1H3,(H,13,14). The summed E-state index contributed by atoms with van der Waals surface area (Å²) in [5.41, 5.74) is 0. The zero-order valence-electron chi connectivity index (χ0n) is 9.67. The summed E-state index contributed by atoms with van der Waals surface area (Å²) in [6.07, 6.45) is 9.36. The van der Waals surface area contributed by atoms with Gasteiger partial charge in [-0.05, 0) is 25.7 Å². The lowest BCUT2D eigenvalue weighted by Crippen LogP contribution is -2.36. The summed E-state index contributed by atoms with van der Waals surface area (Å²) < 4.78 is 0. The Morgan fingerprint density at radius 1 is 1.27 bits per heavy atom. The summed E-state index contributed by atoms with van der Waals surface area (Å²) in [4.78, 5) is 4.76. The van der Waals surface area contributed by atoms with Crippen molar-refractivity contribution >= 4 is 16.9 Å². The SMILES string of the molecule is CCC1CCSC(NC2CCCCC2)=N1. The van der Waals surface area contributed by atoms with Crippen LogP contribution in [0.25, 0.3) is 0 Å². The molecule has 0 aromatic rings. The Morgan fingerprint density at radius 2 is 2.07 bits per heavy atom. The lowest BCUT2D eigenvalue weighted by molar-refractivity contribution is 0.414. The molecular weight excluding hydrogens is 204 g/mol. The highest BCUT2D eigenvalue weighted by molar-refractivity contribution is 8.13. The molecule has 0 aromatic carbocycles. The van der Waals surface area contributed by atoms with E-state index in [-0.39, 0.29) is 0 Å². The van der Waals surface area contributed by atoms with E-state index in [4.69, 9.17) is 4.99 Å². The van der Waals surface area contributed by atoms with E-state index in [2.05, 4.69) is 12.2 Å². The molecule has 0 amide bonds. The lowest BCUT2D eigenvalue weighted by atomic mass is 9.96. The first-order chi connectivity index (χ1) is 7.38. The molecule has 15 heavy (non-hydrogen) atoms. The number of nitrogens with one attached hydrogen (secondary N) is 1. The molecule has 1 atom stereocenters. The Bertz CT molecular complexity index is 222. The Morgan fingerprint density at radius 3 is 2.80 bits per heavy atom. The molecule has 0 radical (unpaired) electrons. The molecular formula is C12H22N2S. The summed E-state index contributed by atoms with van der Waals surface area (Å²) in [5.74, 6) is 1.25. The van der Waals surface area contributed by atoms with Crippen LogP contribution in [0.4, 0.5) is 0 Å². The van der Waals surface area contributed by atoms with Gasteiger partial charge in [0.05, 0.1) is 6.04 Å². The monoisotopic (exact) mass is 226 g/mol. The van der Waals surface area contributed by atoms with Gasteiger partial charge in [-0.3, -0.25) is 4.99 Å². The van der Waals surface area contributed by atoms with Crippen molar-refractivity contribution in [2.45, 2.75) is 64.0 Å². The maximum atomic E-state index is 4.76. The second kappa shape index (κ2) is 5.78. The van der Waals surface area contributed by atoms with Crippen molar-refractivity contribution in [3.8, 4) is 0 Å². The van der Waals surface area contributed by atoms with Crippen molar-refractivity contribution in [2.75, 3.05) is 5.75 Å². The molecule has 1 unspecified atom stereocenters. The van der Waals surface area contributed by atoms with Crippen molar-refractivity contribution in [1.82, 2.24) is 5.32 Å². The Kier molecular flexibility index (Phi) is 4.36. The van der Waals surface area contributed by atoms with Crippen LogP contribution in [0.5, 0.6) is 0 Å². The average Bonchev–Trinajstić information content (AvgIpc) is 2.31. The molecule has 0 bridgehead atoms. The Labute approximate surface area is 97.3 Å². The molecule has 0 spiro atoms. The van der Waals surface area contributed by atoms with E-state index in [0.717, 1.165) is 0 Å². The normalized spacial score (nSPS) is 28.6. The highest BCUT2D eigenvalue weighted by Gasteiger charge is 2.18. The smallest absolute Gasteiger partial charge is 0.157 e. The van der Waals surface area contributed by atoms with E-state index in [1.165, 1.54) is 55.9 Å². The minimum absolute atomic E-state index is 0.581. The molecule has 1 saturated carbocycles. The molecule has 1 heterocycles. The second-order valence-corrected chi connectivity index (χ2v) is 5.70. The summed E-state index contributed by atoms with van der Waals surface area (Å²) in [6, 6.07) is 1.29. The largest absolute Gasteiger partial charge is 0.362 e. The summed E-state index contributed by atoms with van der Waals surface area (Å²) in [6.45, 7) is 2.24. The van der Waals surface area contributed by atoms with Crippen molar-refractivity contribution in [3.63, 3.8) is 0 Å². The molecule has 1 aliphatic heterocycles. The van der Waals surface area contributed by atoms with E-state index >= 15 is 0 Å². The first kappa shape index (κ1) is 11.3. The molecule has 0 aromatic heterocycles. The van der Waals surface area contributed by atoms with Gasteiger partial charge in [-0.25, -0.2) is 0 Å². The number of nitrogens with zero attached hydrogens (tertiary/aromatic N) is 1. The van der Waals surface area contributed by atoms with Crippen LogP contribution in [0.2, 0.25) is 0 Å². The van der Waals surface area contributed by atoms with E-state index < -0.39 is 0 Å². The minimum Gasteiger partial charge on any atom is -0.362 e. The van der Waals surface area contributed by atoms with Gasteiger partial charge in [0.15, 0.2) is 5.17 Å². The van der Waals surface area contributed by atoms with Crippen LogP contribution >= 0.6 is 11.8 Å². The maximum Gasteiger partial charge on any atom is 0.157 e. The van der Waals surface area contributed by atoms with Gasteiger partial charge in [-0.2, -0.15) is 0 Å². The van der Waals surface area contributed by atoms with E-state index in [1.54, 1.807) is 0 Å². The highest BCUT2D eigenvalue weighted by Crippen LogP contribution is 2.22. The molecule has 86 valence electrons. The van der Waals surface area contributed by atoms with Gasteiger partial charge in [-0.1, -0.05) is 37.9 Å². The molecule has 1 aliphatic carbocycles. The van der Waals surface area contributed by atoms with Gasteiger partial charge in [0, 0.05) is 11.8 Å². The zero-order valence-corrected chi connectivity index (χ0v) is 10.5. The van der Waals surface area contributed by atoms with E-state index in [1.807, 2.05) is 11.8 Å². The van der Waals surface area contributed by atoms with Crippen LogP contribution < -0.4 is 5.32 Å². The molecule has 3 heteroatoms. The van der Waals surface area contributed by atoms with Gasteiger partial charge >= 0.3 is 0 Å². The summed E-state index contributed by atoms with van der Waals surface area (Å²) >= 11 is 1.91. The summed E-state index contributed by atoms with van der Waals surface area (Å²) in [7, 11) is 0. The molecule has 0 saturated heterocycles. The number of aliphatic imine (C=N–C) groups is 1. The van der Waals surface area contributed by atoms with Crippen LogP contribution in [-0.4, -0.2) is 23.0 Å². The fraction of sp³-hybridized carbons (Fsp3) is 0.917. The average molecular weight is 226 g/mol. The number of amidine groups is 1. The van der Waals surface area contributed by atoms with Gasteiger partial charge in [-0.15, -0.1) is 0 Å². The van der Waals surface area contributed by atoms with Crippen molar-refractivity contribution in [2.24, 2.45) is 4.99 Å². The van der Waals surface area contributed by atoms with Gasteiger partial charge in [0.1, 0.15) is 0 Å². The van der Waals surface area contributed by atoms with E-state index in [0.29, 0.717) is 12.1 Å². The van der Waals surface area contributed by atoms with Gasteiger partial charge in [0.25, 0.3) is 0 Å². The number of hydrogen-bond acceptors (Lipinski definition) is 3. The fourth-order valence-electron chi connectivity index (χ4n) is 2.36. The third-order valence-corrected chi connectivity index (χ3v) is 4.33.